The molecule has 6 heteroatoms. The zero-order valence-electron chi connectivity index (χ0n) is 15.2. The predicted molar refractivity (Wildman–Crippen MR) is 119 cm³/mol. The second-order valence-electron chi connectivity index (χ2n) is 6.31. The Balaban J connectivity index is 1.51. The number of thiocarbonyl (C=S) groups is 1. The zero-order valence-corrected chi connectivity index (χ0v) is 16.9. The van der Waals surface area contributed by atoms with E-state index in [4.69, 9.17) is 17.0 Å². The van der Waals surface area contributed by atoms with Crippen molar-refractivity contribution < 1.29 is 13.9 Å². The van der Waals surface area contributed by atoms with Gasteiger partial charge in [-0.15, -0.1) is 0 Å². The average Bonchev–Trinajstić information content (AvgIpc) is 3.01. The molecule has 0 aliphatic carbocycles. The van der Waals surface area contributed by atoms with Crippen molar-refractivity contribution in [3.63, 3.8) is 0 Å². The maximum Gasteiger partial charge on any atom is 0.270 e. The van der Waals surface area contributed by atoms with Crippen LogP contribution in [0, 0.1) is 5.82 Å². The quantitative estimate of drug-likeness (QED) is 0.384. The van der Waals surface area contributed by atoms with Crippen LogP contribution in [0.3, 0.4) is 0 Å². The Hall–Kier alpha value is -2.96. The Bertz CT molecular complexity index is 1100. The summed E-state index contributed by atoms with van der Waals surface area (Å²) in [6.45, 7) is 0.131. The molecule has 1 aliphatic heterocycles. The second-order valence-corrected chi connectivity index (χ2v) is 7.98. The smallest absolute Gasteiger partial charge is 0.270 e. The first kappa shape index (κ1) is 19.4. The third-order valence-electron chi connectivity index (χ3n) is 4.32. The van der Waals surface area contributed by atoms with E-state index >= 15 is 0 Å². The van der Waals surface area contributed by atoms with E-state index in [9.17, 15) is 9.18 Å². The number of thioether (sulfide) groups is 1. The number of anilines is 1. The van der Waals surface area contributed by atoms with Crippen molar-refractivity contribution in [1.29, 1.82) is 0 Å². The lowest BCUT2D eigenvalue weighted by Gasteiger charge is -2.13. The molecule has 29 heavy (non-hydrogen) atoms. The summed E-state index contributed by atoms with van der Waals surface area (Å²) in [6.07, 6.45) is 1.79. The molecule has 144 valence electrons. The van der Waals surface area contributed by atoms with Crippen molar-refractivity contribution in [3.8, 4) is 5.75 Å². The maximum atomic E-state index is 13.8. The van der Waals surface area contributed by atoms with Gasteiger partial charge in [0, 0.05) is 5.56 Å². The van der Waals surface area contributed by atoms with Crippen molar-refractivity contribution >= 4 is 46.0 Å². The van der Waals surface area contributed by atoms with E-state index in [0.717, 1.165) is 11.3 Å². The number of rotatable bonds is 5. The van der Waals surface area contributed by atoms with E-state index in [1.165, 1.54) is 22.7 Å². The standard InChI is InChI=1S/C23H16FNO2S2/c24-20-12-5-4-8-17(20)15-27-19-11-6-7-16(13-19)14-21-22(26)25(23(28)29-21)18-9-2-1-3-10-18/h1-14H,15H2/b21-14-. The number of hydrogen-bond donors (Lipinski definition) is 0. The summed E-state index contributed by atoms with van der Waals surface area (Å²) in [5.74, 6) is 0.151. The molecule has 3 aromatic rings. The van der Waals surface area contributed by atoms with Crippen LogP contribution in [0.5, 0.6) is 5.75 Å². The van der Waals surface area contributed by atoms with Crippen LogP contribution in [0.2, 0.25) is 0 Å². The Kier molecular flexibility index (Phi) is 5.74. The van der Waals surface area contributed by atoms with Crippen LogP contribution in [0.4, 0.5) is 10.1 Å². The molecular weight excluding hydrogens is 405 g/mol. The van der Waals surface area contributed by atoms with Crippen LogP contribution in [0.15, 0.2) is 83.8 Å². The molecule has 0 bridgehead atoms. The third-order valence-corrected chi connectivity index (χ3v) is 5.62. The van der Waals surface area contributed by atoms with E-state index in [0.29, 0.717) is 20.5 Å². The van der Waals surface area contributed by atoms with Gasteiger partial charge in [-0.25, -0.2) is 4.39 Å². The van der Waals surface area contributed by atoms with E-state index in [-0.39, 0.29) is 18.3 Å². The highest BCUT2D eigenvalue weighted by Gasteiger charge is 2.33. The summed E-state index contributed by atoms with van der Waals surface area (Å²) < 4.78 is 20.0. The highest BCUT2D eigenvalue weighted by atomic mass is 32.2. The molecule has 0 N–H and O–H groups in total. The van der Waals surface area contributed by atoms with Gasteiger partial charge in [-0.3, -0.25) is 9.69 Å². The van der Waals surface area contributed by atoms with Crippen molar-refractivity contribution in [2.24, 2.45) is 0 Å². The van der Waals surface area contributed by atoms with E-state index in [1.54, 1.807) is 30.3 Å². The zero-order chi connectivity index (χ0) is 20.2. The summed E-state index contributed by atoms with van der Waals surface area (Å²) in [5, 5.41) is 0. The van der Waals surface area contributed by atoms with Gasteiger partial charge in [0.15, 0.2) is 4.32 Å². The number of nitrogens with zero attached hydrogens (tertiary/aromatic N) is 1. The minimum absolute atomic E-state index is 0.131. The summed E-state index contributed by atoms with van der Waals surface area (Å²) in [7, 11) is 0. The Morgan fingerprint density at radius 3 is 2.55 bits per heavy atom. The molecular formula is C23H16FNO2S2. The molecule has 1 amide bonds. The van der Waals surface area contributed by atoms with Crippen LogP contribution >= 0.6 is 24.0 Å². The van der Waals surface area contributed by atoms with Crippen LogP contribution in [-0.4, -0.2) is 10.2 Å². The van der Waals surface area contributed by atoms with Crippen LogP contribution in [0.25, 0.3) is 6.08 Å². The molecule has 0 saturated carbocycles. The lowest BCUT2D eigenvalue weighted by molar-refractivity contribution is -0.113. The highest BCUT2D eigenvalue weighted by molar-refractivity contribution is 8.27. The molecule has 0 unspecified atom stereocenters. The van der Waals surface area contributed by atoms with E-state index in [1.807, 2.05) is 48.5 Å². The fourth-order valence-corrected chi connectivity index (χ4v) is 4.19. The van der Waals surface area contributed by atoms with Crippen LogP contribution in [-0.2, 0) is 11.4 Å². The normalized spacial score (nSPS) is 15.2. The van der Waals surface area contributed by atoms with Crippen LogP contribution in [0.1, 0.15) is 11.1 Å². The SMILES string of the molecule is O=C1/C(=C/c2cccc(OCc3ccccc3F)c2)SC(=S)N1c1ccccc1. The van der Waals surface area contributed by atoms with Crippen molar-refractivity contribution in [3.05, 3.63) is 101 Å². The van der Waals surface area contributed by atoms with Gasteiger partial charge in [0.2, 0.25) is 0 Å². The molecule has 3 aromatic carbocycles. The number of carbonyl (C=O) groups is 1. The van der Waals surface area contributed by atoms with Gasteiger partial charge in [0.1, 0.15) is 18.2 Å². The number of hydrogen-bond acceptors (Lipinski definition) is 4. The van der Waals surface area contributed by atoms with Gasteiger partial charge in [-0.1, -0.05) is 72.5 Å². The molecule has 1 fully saturated rings. The van der Waals surface area contributed by atoms with Crippen molar-refractivity contribution in [1.82, 2.24) is 0 Å². The van der Waals surface area contributed by atoms with Crippen LogP contribution < -0.4 is 9.64 Å². The topological polar surface area (TPSA) is 29.5 Å². The van der Waals surface area contributed by atoms with Gasteiger partial charge in [0.05, 0.1) is 10.6 Å². The molecule has 1 aliphatic rings. The Morgan fingerprint density at radius 2 is 1.76 bits per heavy atom. The molecule has 0 atom stereocenters. The van der Waals surface area contributed by atoms with Gasteiger partial charge in [0.25, 0.3) is 5.91 Å². The van der Waals surface area contributed by atoms with Gasteiger partial charge in [-0.2, -0.15) is 0 Å². The summed E-state index contributed by atoms with van der Waals surface area (Å²) >= 11 is 6.66. The number of carbonyl (C=O) groups excluding carboxylic acids is 1. The summed E-state index contributed by atoms with van der Waals surface area (Å²) in [5.41, 5.74) is 2.05. The Morgan fingerprint density at radius 1 is 1.00 bits per heavy atom. The molecule has 3 nitrogen and oxygen atoms in total. The van der Waals surface area contributed by atoms with E-state index < -0.39 is 0 Å². The fraction of sp³-hybridized carbons (Fsp3) is 0.0435. The number of amides is 1. The first-order chi connectivity index (χ1) is 14.1. The highest BCUT2D eigenvalue weighted by Crippen LogP contribution is 2.36. The number of benzene rings is 3. The second kappa shape index (κ2) is 8.59. The molecule has 0 radical (unpaired) electrons. The van der Waals surface area contributed by atoms with Gasteiger partial charge >= 0.3 is 0 Å². The minimum Gasteiger partial charge on any atom is -0.489 e. The monoisotopic (exact) mass is 421 g/mol. The lowest BCUT2D eigenvalue weighted by atomic mass is 10.2. The fourth-order valence-electron chi connectivity index (χ4n) is 2.89. The number of ether oxygens (including phenoxy) is 1. The number of halogens is 1. The lowest BCUT2D eigenvalue weighted by Crippen LogP contribution is -2.27. The van der Waals surface area contributed by atoms with Crippen molar-refractivity contribution in [2.75, 3.05) is 4.90 Å². The predicted octanol–water partition coefficient (Wildman–Crippen LogP) is 5.81. The average molecular weight is 422 g/mol. The molecule has 0 aromatic heterocycles. The first-order valence-electron chi connectivity index (χ1n) is 8.91. The molecule has 1 heterocycles. The molecule has 1 saturated heterocycles. The largest absolute Gasteiger partial charge is 0.489 e. The molecule has 4 rings (SSSR count). The maximum absolute atomic E-state index is 13.8. The number of para-hydroxylation sites is 1. The summed E-state index contributed by atoms with van der Waals surface area (Å²) in [6, 6.07) is 23.2. The molecule has 0 spiro atoms. The summed E-state index contributed by atoms with van der Waals surface area (Å²) in [4.78, 5) is 14.9. The third kappa shape index (κ3) is 4.39. The van der Waals surface area contributed by atoms with Gasteiger partial charge in [-0.05, 0) is 42.0 Å². The van der Waals surface area contributed by atoms with Gasteiger partial charge < -0.3 is 4.74 Å². The van der Waals surface area contributed by atoms with Crippen molar-refractivity contribution in [2.45, 2.75) is 6.61 Å². The first-order valence-corrected chi connectivity index (χ1v) is 10.1. The van der Waals surface area contributed by atoms with E-state index in [2.05, 4.69) is 0 Å². The Labute approximate surface area is 177 Å². The minimum atomic E-state index is -0.298.